The molecular weight excluding hydrogens is 400 g/mol. The van der Waals surface area contributed by atoms with Crippen molar-refractivity contribution in [3.63, 3.8) is 0 Å². The first-order valence-electron chi connectivity index (χ1n) is 9.75. The maximum Gasteiger partial charge on any atom is 0.307 e. The van der Waals surface area contributed by atoms with Gasteiger partial charge in [0.2, 0.25) is 0 Å². The van der Waals surface area contributed by atoms with E-state index in [9.17, 15) is 14.9 Å². The number of benzene rings is 2. The summed E-state index contributed by atoms with van der Waals surface area (Å²) >= 11 is 0. The summed E-state index contributed by atoms with van der Waals surface area (Å²) in [5, 5.41) is 9.20. The Balaban J connectivity index is 1.88. The third kappa shape index (κ3) is 4.72. The number of para-hydroxylation sites is 1. The fourth-order valence-electron chi connectivity index (χ4n) is 3.70. The molecule has 0 saturated heterocycles. The fourth-order valence-corrected chi connectivity index (χ4v) is 3.70. The van der Waals surface area contributed by atoms with Gasteiger partial charge < -0.3 is 23.8 Å². The molecule has 31 heavy (non-hydrogen) atoms. The highest BCUT2D eigenvalue weighted by Crippen LogP contribution is 2.39. The third-order valence-electron chi connectivity index (χ3n) is 5.27. The van der Waals surface area contributed by atoms with Gasteiger partial charge in [0.15, 0.2) is 18.1 Å². The first kappa shape index (κ1) is 22.0. The summed E-state index contributed by atoms with van der Waals surface area (Å²) in [6.07, 6.45) is 0.591. The normalized spacial score (nSPS) is 14.8. The Morgan fingerprint density at radius 3 is 2.48 bits per heavy atom. The van der Waals surface area contributed by atoms with Crippen LogP contribution in [0.5, 0.6) is 17.2 Å². The van der Waals surface area contributed by atoms with Gasteiger partial charge in [-0.3, -0.25) is 9.59 Å². The maximum atomic E-state index is 13.0. The van der Waals surface area contributed by atoms with Crippen LogP contribution in [-0.4, -0.2) is 51.3 Å². The molecule has 8 heteroatoms. The summed E-state index contributed by atoms with van der Waals surface area (Å²) in [7, 11) is 4.41. The summed E-state index contributed by atoms with van der Waals surface area (Å²) in [4.78, 5) is 26.8. The summed E-state index contributed by atoms with van der Waals surface area (Å²) < 4.78 is 21.3. The van der Waals surface area contributed by atoms with E-state index in [4.69, 9.17) is 18.9 Å². The van der Waals surface area contributed by atoms with E-state index in [-0.39, 0.29) is 18.9 Å². The predicted octanol–water partition coefficient (Wildman–Crippen LogP) is 2.64. The molecular formula is C23H24N2O6. The van der Waals surface area contributed by atoms with Crippen molar-refractivity contribution in [2.75, 3.05) is 34.5 Å². The quantitative estimate of drug-likeness (QED) is 0.630. The largest absolute Gasteiger partial charge is 0.493 e. The average molecular weight is 424 g/mol. The van der Waals surface area contributed by atoms with E-state index in [0.29, 0.717) is 35.8 Å². The van der Waals surface area contributed by atoms with Gasteiger partial charge in [-0.25, -0.2) is 0 Å². The van der Waals surface area contributed by atoms with E-state index in [1.54, 1.807) is 42.3 Å². The summed E-state index contributed by atoms with van der Waals surface area (Å²) in [6, 6.07) is 11.9. The van der Waals surface area contributed by atoms with Crippen LogP contribution in [0.1, 0.15) is 29.2 Å². The van der Waals surface area contributed by atoms with Gasteiger partial charge in [-0.15, -0.1) is 0 Å². The van der Waals surface area contributed by atoms with Crippen LogP contribution in [0.15, 0.2) is 36.4 Å². The van der Waals surface area contributed by atoms with Gasteiger partial charge in [-0.05, 0) is 41.8 Å². The Morgan fingerprint density at radius 1 is 1.10 bits per heavy atom. The number of nitrogens with zero attached hydrogens (tertiary/aromatic N) is 2. The first-order chi connectivity index (χ1) is 15.0. The molecule has 8 nitrogen and oxygen atoms in total. The van der Waals surface area contributed by atoms with Crippen molar-refractivity contribution in [2.24, 2.45) is 0 Å². The molecule has 162 valence electrons. The highest BCUT2D eigenvalue weighted by Gasteiger charge is 2.34. The average Bonchev–Trinajstić information content (AvgIpc) is 2.81. The van der Waals surface area contributed by atoms with Gasteiger partial charge in [0, 0.05) is 6.54 Å². The minimum absolute atomic E-state index is 0.000490. The number of esters is 1. The van der Waals surface area contributed by atoms with Gasteiger partial charge in [-0.1, -0.05) is 12.1 Å². The van der Waals surface area contributed by atoms with Crippen molar-refractivity contribution >= 4 is 11.9 Å². The van der Waals surface area contributed by atoms with E-state index < -0.39 is 12.0 Å². The standard InChI is InChI=1S/C23H24N2O6/c1-28-20-10-15-8-9-25(18(12-23(27)30-3)17(15)11-21(20)29-2)22(26)14-31-19-7-5-4-6-16(19)13-24/h4-7,10-11,18H,8-9,12,14H2,1-3H3. The highest BCUT2D eigenvalue weighted by molar-refractivity contribution is 5.80. The minimum Gasteiger partial charge on any atom is -0.493 e. The highest BCUT2D eigenvalue weighted by atomic mass is 16.5. The smallest absolute Gasteiger partial charge is 0.307 e. The van der Waals surface area contributed by atoms with Crippen LogP contribution in [0, 0.1) is 11.3 Å². The number of hydrogen-bond acceptors (Lipinski definition) is 7. The van der Waals surface area contributed by atoms with E-state index in [0.717, 1.165) is 11.1 Å². The van der Waals surface area contributed by atoms with E-state index in [1.165, 1.54) is 14.2 Å². The van der Waals surface area contributed by atoms with Crippen molar-refractivity contribution in [2.45, 2.75) is 18.9 Å². The van der Waals surface area contributed by atoms with Crippen molar-refractivity contribution < 1.29 is 28.5 Å². The third-order valence-corrected chi connectivity index (χ3v) is 5.27. The number of rotatable bonds is 7. The number of nitriles is 1. The molecule has 0 fully saturated rings. The Kier molecular flexibility index (Phi) is 6.98. The van der Waals surface area contributed by atoms with Crippen LogP contribution in [0.2, 0.25) is 0 Å². The zero-order valence-electron chi connectivity index (χ0n) is 17.7. The van der Waals surface area contributed by atoms with E-state index in [2.05, 4.69) is 0 Å². The van der Waals surface area contributed by atoms with Gasteiger partial charge in [0.25, 0.3) is 5.91 Å². The molecule has 0 radical (unpaired) electrons. The topological polar surface area (TPSA) is 98.1 Å². The van der Waals surface area contributed by atoms with Crippen LogP contribution >= 0.6 is 0 Å². The molecule has 1 aliphatic rings. The second-order valence-corrected chi connectivity index (χ2v) is 6.94. The Hall–Kier alpha value is -3.73. The number of carbonyl (C=O) groups is 2. The molecule has 1 atom stereocenters. The van der Waals surface area contributed by atoms with Crippen LogP contribution in [-0.2, 0) is 20.7 Å². The molecule has 2 aromatic carbocycles. The predicted molar refractivity (Wildman–Crippen MR) is 111 cm³/mol. The Morgan fingerprint density at radius 2 is 1.81 bits per heavy atom. The Labute approximate surface area is 180 Å². The van der Waals surface area contributed by atoms with Crippen molar-refractivity contribution in [3.05, 3.63) is 53.1 Å². The van der Waals surface area contributed by atoms with Crippen molar-refractivity contribution in [3.8, 4) is 23.3 Å². The molecule has 2 aromatic rings. The van der Waals surface area contributed by atoms with Crippen molar-refractivity contribution in [1.82, 2.24) is 4.90 Å². The van der Waals surface area contributed by atoms with Crippen LogP contribution in [0.4, 0.5) is 0 Å². The van der Waals surface area contributed by atoms with Crippen LogP contribution < -0.4 is 14.2 Å². The molecule has 0 aliphatic carbocycles. The minimum atomic E-state index is -0.529. The lowest BCUT2D eigenvalue weighted by Gasteiger charge is -2.37. The molecule has 3 rings (SSSR count). The second kappa shape index (κ2) is 9.85. The molecule has 1 aliphatic heterocycles. The number of carbonyl (C=O) groups excluding carboxylic acids is 2. The molecule has 0 N–H and O–H groups in total. The number of methoxy groups -OCH3 is 3. The summed E-state index contributed by atoms with van der Waals surface area (Å²) in [6.45, 7) is 0.158. The van der Waals surface area contributed by atoms with Gasteiger partial charge in [-0.2, -0.15) is 5.26 Å². The van der Waals surface area contributed by atoms with E-state index in [1.807, 2.05) is 12.1 Å². The molecule has 0 spiro atoms. The molecule has 1 heterocycles. The SMILES string of the molecule is COC(=O)CC1c2cc(OC)c(OC)cc2CCN1C(=O)COc1ccccc1C#N. The second-order valence-electron chi connectivity index (χ2n) is 6.94. The lowest BCUT2D eigenvalue weighted by molar-refractivity contribution is -0.144. The van der Waals surface area contributed by atoms with Crippen LogP contribution in [0.3, 0.4) is 0 Å². The zero-order chi connectivity index (χ0) is 22.4. The number of amides is 1. The van der Waals surface area contributed by atoms with Gasteiger partial charge >= 0.3 is 5.97 Å². The maximum absolute atomic E-state index is 13.0. The Bertz CT molecular complexity index is 1010. The van der Waals surface area contributed by atoms with Crippen LogP contribution in [0.25, 0.3) is 0 Å². The van der Waals surface area contributed by atoms with Gasteiger partial charge in [0.1, 0.15) is 11.8 Å². The first-order valence-corrected chi connectivity index (χ1v) is 9.75. The number of ether oxygens (including phenoxy) is 4. The summed E-state index contributed by atoms with van der Waals surface area (Å²) in [5.41, 5.74) is 2.13. The molecule has 1 amide bonds. The molecule has 0 aromatic heterocycles. The number of hydrogen-bond donors (Lipinski definition) is 0. The number of fused-ring (bicyclic) bond motifs is 1. The monoisotopic (exact) mass is 424 g/mol. The lowest BCUT2D eigenvalue weighted by Crippen LogP contribution is -2.43. The lowest BCUT2D eigenvalue weighted by atomic mass is 9.90. The zero-order valence-corrected chi connectivity index (χ0v) is 17.7. The summed E-state index contributed by atoms with van der Waals surface area (Å²) in [5.74, 6) is 0.730. The van der Waals surface area contributed by atoms with Crippen molar-refractivity contribution in [1.29, 1.82) is 5.26 Å². The van der Waals surface area contributed by atoms with E-state index >= 15 is 0 Å². The molecule has 1 unspecified atom stereocenters. The fraction of sp³-hybridized carbons (Fsp3) is 0.348. The molecule has 0 saturated carbocycles. The molecule has 0 bridgehead atoms. The van der Waals surface area contributed by atoms with Gasteiger partial charge in [0.05, 0.1) is 39.4 Å².